The van der Waals surface area contributed by atoms with Crippen LogP contribution in [0.1, 0.15) is 47.4 Å². The highest BCUT2D eigenvalue weighted by Gasteiger charge is 2.47. The number of pyridine rings is 1. The second-order valence-corrected chi connectivity index (χ2v) is 9.79. The number of hydrogen-bond donors (Lipinski definition) is 2. The highest BCUT2D eigenvalue weighted by atomic mass is 19.3. The Hall–Kier alpha value is -4.02. The number of rotatable bonds is 6. The second-order valence-electron chi connectivity index (χ2n) is 9.79. The summed E-state index contributed by atoms with van der Waals surface area (Å²) in [6.45, 7) is 2.09. The SMILES string of the molecule is COc1cn2c(N3CCC(F)(F)CC3)nc3c(C4(Nc5ccc(C)nc5C(=O)O)CC4)cccc3c2n1. The third-order valence-electron chi connectivity index (χ3n) is 7.25. The number of anilines is 2. The van der Waals surface area contributed by atoms with Crippen molar-refractivity contribution < 1.29 is 23.4 Å². The topological polar surface area (TPSA) is 105 Å². The Morgan fingerprint density at radius 2 is 1.84 bits per heavy atom. The van der Waals surface area contributed by atoms with Crippen molar-refractivity contribution in [2.75, 3.05) is 30.4 Å². The predicted molar refractivity (Wildman–Crippen MR) is 134 cm³/mol. The van der Waals surface area contributed by atoms with Gasteiger partial charge in [0.05, 0.1) is 30.0 Å². The summed E-state index contributed by atoms with van der Waals surface area (Å²) in [6, 6.07) is 9.34. The van der Waals surface area contributed by atoms with E-state index in [-0.39, 0.29) is 31.6 Å². The van der Waals surface area contributed by atoms with Gasteiger partial charge in [-0.15, -0.1) is 0 Å². The molecule has 192 valence electrons. The van der Waals surface area contributed by atoms with Crippen LogP contribution in [0.15, 0.2) is 36.5 Å². The first-order valence-corrected chi connectivity index (χ1v) is 12.2. The van der Waals surface area contributed by atoms with Crippen molar-refractivity contribution in [1.29, 1.82) is 0 Å². The normalized spacial score (nSPS) is 18.2. The quantitative estimate of drug-likeness (QED) is 0.389. The third-order valence-corrected chi connectivity index (χ3v) is 7.25. The Kier molecular flexibility index (Phi) is 5.22. The van der Waals surface area contributed by atoms with E-state index in [1.807, 2.05) is 23.1 Å². The molecule has 11 heteroatoms. The minimum Gasteiger partial charge on any atom is -0.480 e. The number of aromatic carboxylic acids is 1. The molecule has 2 aliphatic rings. The summed E-state index contributed by atoms with van der Waals surface area (Å²) in [5.41, 5.74) is 2.70. The first-order valence-electron chi connectivity index (χ1n) is 12.2. The van der Waals surface area contributed by atoms with Crippen LogP contribution in [0.2, 0.25) is 0 Å². The lowest BCUT2D eigenvalue weighted by Crippen LogP contribution is -2.40. The lowest BCUT2D eigenvalue weighted by atomic mass is 10.00. The van der Waals surface area contributed by atoms with Gasteiger partial charge in [0.15, 0.2) is 11.3 Å². The summed E-state index contributed by atoms with van der Waals surface area (Å²) in [7, 11) is 1.53. The molecule has 0 unspecified atom stereocenters. The molecule has 1 aromatic carbocycles. The fourth-order valence-electron chi connectivity index (χ4n) is 5.11. The fourth-order valence-corrected chi connectivity index (χ4v) is 5.11. The minimum atomic E-state index is -2.68. The second kappa shape index (κ2) is 8.25. The van der Waals surface area contributed by atoms with Crippen molar-refractivity contribution in [1.82, 2.24) is 19.4 Å². The Morgan fingerprint density at radius 3 is 2.51 bits per heavy atom. The van der Waals surface area contributed by atoms with E-state index in [0.717, 1.165) is 23.8 Å². The summed E-state index contributed by atoms with van der Waals surface area (Å²) >= 11 is 0. The maximum absolute atomic E-state index is 13.9. The lowest BCUT2D eigenvalue weighted by Gasteiger charge is -2.33. The van der Waals surface area contributed by atoms with Crippen LogP contribution >= 0.6 is 0 Å². The number of piperidine rings is 1. The number of carboxylic acids is 1. The van der Waals surface area contributed by atoms with E-state index in [4.69, 9.17) is 9.72 Å². The first-order chi connectivity index (χ1) is 17.7. The number of aromatic nitrogens is 4. The number of hydrogen-bond acceptors (Lipinski definition) is 7. The molecule has 3 aromatic heterocycles. The van der Waals surface area contributed by atoms with Gasteiger partial charge in [-0.1, -0.05) is 12.1 Å². The van der Waals surface area contributed by atoms with E-state index in [2.05, 4.69) is 15.3 Å². The molecule has 0 bridgehead atoms. The van der Waals surface area contributed by atoms with Gasteiger partial charge in [-0.2, -0.15) is 4.98 Å². The number of alkyl halides is 2. The van der Waals surface area contributed by atoms with Crippen molar-refractivity contribution in [2.24, 2.45) is 0 Å². The van der Waals surface area contributed by atoms with Gasteiger partial charge < -0.3 is 20.1 Å². The van der Waals surface area contributed by atoms with E-state index < -0.39 is 17.4 Å². The third kappa shape index (κ3) is 3.98. The minimum absolute atomic E-state index is 0.0326. The zero-order valence-corrected chi connectivity index (χ0v) is 20.5. The van der Waals surface area contributed by atoms with Crippen LogP contribution in [0.25, 0.3) is 16.6 Å². The Labute approximate surface area is 211 Å². The molecule has 6 rings (SSSR count). The molecule has 0 amide bonds. The number of fused-ring (bicyclic) bond motifs is 3. The van der Waals surface area contributed by atoms with Crippen LogP contribution in [0.5, 0.6) is 5.88 Å². The predicted octanol–water partition coefficient (Wildman–Crippen LogP) is 4.63. The van der Waals surface area contributed by atoms with E-state index in [9.17, 15) is 18.7 Å². The molecule has 4 heterocycles. The number of carbonyl (C=O) groups is 1. The Bertz CT molecular complexity index is 1540. The van der Waals surface area contributed by atoms with E-state index in [0.29, 0.717) is 34.4 Å². The zero-order chi connectivity index (χ0) is 25.9. The number of para-hydroxylation sites is 1. The molecule has 0 atom stereocenters. The monoisotopic (exact) mass is 508 g/mol. The van der Waals surface area contributed by atoms with Crippen LogP contribution in [0.4, 0.5) is 20.4 Å². The average Bonchev–Trinajstić information content (AvgIpc) is 3.51. The van der Waals surface area contributed by atoms with Crippen LogP contribution in [-0.2, 0) is 5.54 Å². The van der Waals surface area contributed by atoms with Crippen LogP contribution in [-0.4, -0.2) is 56.6 Å². The van der Waals surface area contributed by atoms with Gasteiger partial charge in [0, 0.05) is 42.6 Å². The van der Waals surface area contributed by atoms with Crippen molar-refractivity contribution in [3.63, 3.8) is 0 Å². The first kappa shape index (κ1) is 23.4. The number of halogens is 2. The molecule has 1 saturated carbocycles. The molecule has 37 heavy (non-hydrogen) atoms. The number of nitrogens with zero attached hydrogens (tertiary/aromatic N) is 5. The van der Waals surface area contributed by atoms with Gasteiger partial charge in [0.25, 0.3) is 5.92 Å². The Balaban J connectivity index is 1.50. The largest absolute Gasteiger partial charge is 0.480 e. The van der Waals surface area contributed by atoms with Gasteiger partial charge in [0.2, 0.25) is 11.8 Å². The summed E-state index contributed by atoms with van der Waals surface area (Å²) in [5.74, 6) is -2.86. The molecule has 0 spiro atoms. The number of imidazole rings is 1. The van der Waals surface area contributed by atoms with Crippen LogP contribution in [0.3, 0.4) is 0 Å². The van der Waals surface area contributed by atoms with Crippen molar-refractivity contribution in [3.8, 4) is 5.88 Å². The molecule has 2 N–H and O–H groups in total. The number of ether oxygens (including phenoxy) is 1. The zero-order valence-electron chi connectivity index (χ0n) is 20.5. The van der Waals surface area contributed by atoms with E-state index in [1.54, 1.807) is 29.7 Å². The van der Waals surface area contributed by atoms with Gasteiger partial charge >= 0.3 is 5.97 Å². The summed E-state index contributed by atoms with van der Waals surface area (Å²) in [5, 5.41) is 13.9. The summed E-state index contributed by atoms with van der Waals surface area (Å²) < 4.78 is 35.0. The number of methoxy groups -OCH3 is 1. The molecule has 1 aliphatic heterocycles. The highest BCUT2D eigenvalue weighted by molar-refractivity contribution is 5.96. The highest BCUT2D eigenvalue weighted by Crippen LogP contribution is 2.51. The van der Waals surface area contributed by atoms with E-state index in [1.165, 1.54) is 7.11 Å². The maximum Gasteiger partial charge on any atom is 0.356 e. The molecule has 1 saturated heterocycles. The summed E-state index contributed by atoms with van der Waals surface area (Å²) in [6.07, 6.45) is 2.78. The average molecular weight is 509 g/mol. The molecule has 2 fully saturated rings. The Morgan fingerprint density at radius 1 is 1.08 bits per heavy atom. The number of aryl methyl sites for hydroxylation is 1. The van der Waals surface area contributed by atoms with Crippen molar-refractivity contribution in [2.45, 2.75) is 44.1 Å². The van der Waals surface area contributed by atoms with E-state index >= 15 is 0 Å². The van der Waals surface area contributed by atoms with Gasteiger partial charge in [-0.25, -0.2) is 23.5 Å². The molecule has 4 aromatic rings. The molecule has 9 nitrogen and oxygen atoms in total. The van der Waals surface area contributed by atoms with Crippen LogP contribution in [0, 0.1) is 6.92 Å². The van der Waals surface area contributed by atoms with Crippen LogP contribution < -0.4 is 15.0 Å². The molecule has 0 radical (unpaired) electrons. The van der Waals surface area contributed by atoms with Gasteiger partial charge in [-0.3, -0.25) is 4.40 Å². The molecular formula is C26H26F2N6O3. The smallest absolute Gasteiger partial charge is 0.356 e. The van der Waals surface area contributed by atoms with Crippen molar-refractivity contribution >= 4 is 34.2 Å². The summed E-state index contributed by atoms with van der Waals surface area (Å²) in [4.78, 5) is 27.6. The lowest BCUT2D eigenvalue weighted by molar-refractivity contribution is -0.0222. The fraction of sp³-hybridized carbons (Fsp3) is 0.385. The molecular weight excluding hydrogens is 482 g/mol. The standard InChI is InChI=1S/C26H26F2N6O3/c1-15-6-7-18(21(29-15)23(35)36)32-25(8-9-25)17-5-3-4-16-20(17)31-24(33-12-10-26(27,28)11-13-33)34-14-19(37-2)30-22(16)34/h3-7,14,32H,8-13H2,1-2H3,(H,35,36). The number of nitrogens with one attached hydrogen (secondary N) is 1. The number of carboxylic acid groups (broad SMARTS) is 1. The number of benzene rings is 1. The maximum atomic E-state index is 13.9. The van der Waals surface area contributed by atoms with Gasteiger partial charge in [0.1, 0.15) is 0 Å². The van der Waals surface area contributed by atoms with Crippen molar-refractivity contribution in [3.05, 3.63) is 53.5 Å². The molecule has 1 aliphatic carbocycles. The van der Waals surface area contributed by atoms with Gasteiger partial charge in [-0.05, 0) is 38.0 Å².